The summed E-state index contributed by atoms with van der Waals surface area (Å²) in [7, 11) is 0. The lowest BCUT2D eigenvalue weighted by molar-refractivity contribution is 0.0889. The van der Waals surface area contributed by atoms with Crippen LogP contribution in [0.4, 0.5) is 0 Å². The number of hydrogen-bond donors (Lipinski definition) is 0. The minimum Gasteiger partial charge on any atom is -0.490 e. The van der Waals surface area contributed by atoms with Crippen molar-refractivity contribution in [3.8, 4) is 5.75 Å². The monoisotopic (exact) mass is 272 g/mol. The summed E-state index contributed by atoms with van der Waals surface area (Å²) in [6.45, 7) is 0. The van der Waals surface area contributed by atoms with E-state index in [0.717, 1.165) is 24.2 Å². The topological polar surface area (TPSA) is 26.3 Å². The van der Waals surface area contributed by atoms with Gasteiger partial charge in [-0.05, 0) is 62.8 Å². The third-order valence-electron chi connectivity index (χ3n) is 4.72. The van der Waals surface area contributed by atoms with Gasteiger partial charge in [0.05, 0.1) is 6.10 Å². The number of rotatable bonds is 4. The van der Waals surface area contributed by atoms with E-state index < -0.39 is 0 Å². The molecule has 1 aromatic carbocycles. The summed E-state index contributed by atoms with van der Waals surface area (Å²) in [5, 5.41) is 0. The van der Waals surface area contributed by atoms with Crippen LogP contribution >= 0.6 is 0 Å². The molecule has 0 spiro atoms. The first-order chi connectivity index (χ1) is 9.83. The fraction of sp³-hybridized carbons (Fsp3) is 0.611. The number of ketones is 1. The molecule has 2 aliphatic carbocycles. The Kier molecular flexibility index (Phi) is 4.39. The quantitative estimate of drug-likeness (QED) is 0.738. The number of carbonyl (C=O) groups excluding carboxylic acids is 1. The van der Waals surface area contributed by atoms with Gasteiger partial charge in [-0.1, -0.05) is 19.3 Å². The van der Waals surface area contributed by atoms with Gasteiger partial charge >= 0.3 is 0 Å². The molecule has 2 aliphatic rings. The number of benzene rings is 1. The summed E-state index contributed by atoms with van der Waals surface area (Å²) in [6.07, 6.45) is 11.1. The molecule has 0 amide bonds. The maximum Gasteiger partial charge on any atom is 0.165 e. The van der Waals surface area contributed by atoms with E-state index >= 15 is 0 Å². The largest absolute Gasteiger partial charge is 0.490 e. The van der Waals surface area contributed by atoms with Gasteiger partial charge in [-0.2, -0.15) is 0 Å². The molecule has 0 unspecified atom stereocenters. The van der Waals surface area contributed by atoms with E-state index in [2.05, 4.69) is 0 Å². The normalized spacial score (nSPS) is 21.0. The zero-order valence-corrected chi connectivity index (χ0v) is 12.1. The Hall–Kier alpha value is -1.31. The predicted molar refractivity (Wildman–Crippen MR) is 80.2 cm³/mol. The highest BCUT2D eigenvalue weighted by molar-refractivity contribution is 5.97. The van der Waals surface area contributed by atoms with E-state index in [9.17, 15) is 4.79 Å². The van der Waals surface area contributed by atoms with Crippen molar-refractivity contribution in [1.29, 1.82) is 0 Å². The summed E-state index contributed by atoms with van der Waals surface area (Å²) in [5.41, 5.74) is 0.857. The number of ether oxygens (including phenoxy) is 1. The van der Waals surface area contributed by atoms with E-state index in [1.54, 1.807) is 0 Å². The van der Waals surface area contributed by atoms with Crippen LogP contribution in [0.5, 0.6) is 5.75 Å². The molecule has 0 radical (unpaired) electrons. The van der Waals surface area contributed by atoms with Crippen molar-refractivity contribution in [3.63, 3.8) is 0 Å². The zero-order chi connectivity index (χ0) is 13.8. The minimum absolute atomic E-state index is 0.255. The van der Waals surface area contributed by atoms with Crippen LogP contribution < -0.4 is 4.74 Å². The molecule has 0 N–H and O–H groups in total. The standard InChI is InChI=1S/C18H24O2/c19-18(14-6-2-1-3-7-14)15-10-12-17(13-11-15)20-16-8-4-5-9-16/h10-14,16H,1-9H2. The van der Waals surface area contributed by atoms with Crippen molar-refractivity contribution in [2.45, 2.75) is 63.9 Å². The molecular weight excluding hydrogens is 248 g/mol. The molecule has 3 rings (SSSR count). The lowest BCUT2D eigenvalue weighted by Crippen LogP contribution is -2.17. The van der Waals surface area contributed by atoms with Gasteiger partial charge in [0, 0.05) is 11.5 Å². The lowest BCUT2D eigenvalue weighted by atomic mass is 9.84. The molecule has 0 saturated heterocycles. The van der Waals surface area contributed by atoms with Gasteiger partial charge in [-0.25, -0.2) is 0 Å². The predicted octanol–water partition coefficient (Wildman–Crippen LogP) is 4.77. The van der Waals surface area contributed by atoms with Crippen LogP contribution in [0.15, 0.2) is 24.3 Å². The fourth-order valence-electron chi connectivity index (χ4n) is 3.50. The van der Waals surface area contributed by atoms with Crippen molar-refractivity contribution in [2.24, 2.45) is 5.92 Å². The van der Waals surface area contributed by atoms with Crippen LogP contribution in [0.25, 0.3) is 0 Å². The second kappa shape index (κ2) is 6.43. The molecule has 0 atom stereocenters. The average Bonchev–Trinajstić information content (AvgIpc) is 3.01. The molecule has 2 nitrogen and oxygen atoms in total. The van der Waals surface area contributed by atoms with Gasteiger partial charge in [-0.15, -0.1) is 0 Å². The van der Waals surface area contributed by atoms with E-state index in [1.165, 1.54) is 44.9 Å². The number of carbonyl (C=O) groups is 1. The molecule has 0 heterocycles. The molecular formula is C18H24O2. The summed E-state index contributed by atoms with van der Waals surface area (Å²) < 4.78 is 5.94. The van der Waals surface area contributed by atoms with Crippen LogP contribution in [0.3, 0.4) is 0 Å². The van der Waals surface area contributed by atoms with Gasteiger partial charge in [0.15, 0.2) is 5.78 Å². The van der Waals surface area contributed by atoms with Crippen molar-refractivity contribution >= 4 is 5.78 Å². The Bertz CT molecular complexity index is 437. The van der Waals surface area contributed by atoms with E-state index in [4.69, 9.17) is 4.74 Å². The van der Waals surface area contributed by atoms with Crippen molar-refractivity contribution in [3.05, 3.63) is 29.8 Å². The highest BCUT2D eigenvalue weighted by Crippen LogP contribution is 2.28. The Balaban J connectivity index is 1.61. The maximum atomic E-state index is 12.4. The Morgan fingerprint density at radius 2 is 1.45 bits per heavy atom. The van der Waals surface area contributed by atoms with Gasteiger partial charge in [0.2, 0.25) is 0 Å². The summed E-state index contributed by atoms with van der Waals surface area (Å²) in [4.78, 5) is 12.4. The van der Waals surface area contributed by atoms with Crippen LogP contribution in [0.1, 0.15) is 68.1 Å². The highest BCUT2D eigenvalue weighted by Gasteiger charge is 2.22. The van der Waals surface area contributed by atoms with Gasteiger partial charge in [0.25, 0.3) is 0 Å². The molecule has 20 heavy (non-hydrogen) atoms. The molecule has 0 aliphatic heterocycles. The maximum absolute atomic E-state index is 12.4. The van der Waals surface area contributed by atoms with Gasteiger partial charge < -0.3 is 4.74 Å². The molecule has 2 fully saturated rings. The third kappa shape index (κ3) is 3.23. The minimum atomic E-state index is 0.255. The van der Waals surface area contributed by atoms with E-state index in [-0.39, 0.29) is 5.92 Å². The van der Waals surface area contributed by atoms with Gasteiger partial charge in [-0.3, -0.25) is 4.79 Å². The first kappa shape index (κ1) is 13.7. The Labute approximate surface area is 121 Å². The van der Waals surface area contributed by atoms with Gasteiger partial charge in [0.1, 0.15) is 5.75 Å². The fourth-order valence-corrected chi connectivity index (χ4v) is 3.50. The Morgan fingerprint density at radius 3 is 2.10 bits per heavy atom. The van der Waals surface area contributed by atoms with Crippen LogP contribution in [-0.2, 0) is 0 Å². The second-order valence-corrected chi connectivity index (χ2v) is 6.25. The third-order valence-corrected chi connectivity index (χ3v) is 4.72. The molecule has 1 aromatic rings. The van der Waals surface area contributed by atoms with Crippen molar-refractivity contribution in [1.82, 2.24) is 0 Å². The summed E-state index contributed by atoms with van der Waals surface area (Å²) >= 11 is 0. The van der Waals surface area contributed by atoms with E-state index in [0.29, 0.717) is 11.9 Å². The molecule has 0 aromatic heterocycles. The number of hydrogen-bond acceptors (Lipinski definition) is 2. The average molecular weight is 272 g/mol. The van der Waals surface area contributed by atoms with E-state index in [1.807, 2.05) is 24.3 Å². The number of Topliss-reactive ketones (excluding diaryl/α,β-unsaturated/α-hetero) is 1. The molecule has 2 heteroatoms. The van der Waals surface area contributed by atoms with Crippen molar-refractivity contribution in [2.75, 3.05) is 0 Å². The highest BCUT2D eigenvalue weighted by atomic mass is 16.5. The molecule has 108 valence electrons. The molecule has 2 saturated carbocycles. The SMILES string of the molecule is O=C(c1ccc(OC2CCCC2)cc1)C1CCCCC1. The first-order valence-corrected chi connectivity index (χ1v) is 8.14. The smallest absolute Gasteiger partial charge is 0.165 e. The summed E-state index contributed by atoms with van der Waals surface area (Å²) in [6, 6.07) is 7.82. The lowest BCUT2D eigenvalue weighted by Gasteiger charge is -2.20. The summed E-state index contributed by atoms with van der Waals surface area (Å²) in [5.74, 6) is 1.50. The van der Waals surface area contributed by atoms with Crippen LogP contribution in [-0.4, -0.2) is 11.9 Å². The van der Waals surface area contributed by atoms with Crippen molar-refractivity contribution < 1.29 is 9.53 Å². The zero-order valence-electron chi connectivity index (χ0n) is 12.1. The molecule has 0 bridgehead atoms. The van der Waals surface area contributed by atoms with Crippen LogP contribution in [0, 0.1) is 5.92 Å². The van der Waals surface area contributed by atoms with Crippen LogP contribution in [0.2, 0.25) is 0 Å². The second-order valence-electron chi connectivity index (χ2n) is 6.25. The first-order valence-electron chi connectivity index (χ1n) is 8.14. The Morgan fingerprint density at radius 1 is 0.850 bits per heavy atom.